The summed E-state index contributed by atoms with van der Waals surface area (Å²) in [6.07, 6.45) is 1.55. The Kier molecular flexibility index (Phi) is 8.11. The molecule has 0 aliphatic carbocycles. The standard InChI is InChI=1S/C26H27NO5S/c1-16-12-17(2)25(19(4)18(16)3)22(28)14-32-26(30)21-9-5-6-10-23(21)33-15-24(29)27-13-20-8-7-11-31-20/h5-12H,13-15H2,1-4H3,(H,27,29). The summed E-state index contributed by atoms with van der Waals surface area (Å²) in [5.41, 5.74) is 4.88. The molecule has 172 valence electrons. The van der Waals surface area contributed by atoms with Gasteiger partial charge < -0.3 is 14.5 Å². The lowest BCUT2D eigenvalue weighted by Gasteiger charge is -2.14. The average molecular weight is 466 g/mol. The van der Waals surface area contributed by atoms with E-state index in [0.29, 0.717) is 28.3 Å². The normalized spacial score (nSPS) is 10.7. The van der Waals surface area contributed by atoms with Gasteiger partial charge in [0.15, 0.2) is 6.61 Å². The van der Waals surface area contributed by atoms with Gasteiger partial charge in [0.25, 0.3) is 0 Å². The van der Waals surface area contributed by atoms with Crippen LogP contribution in [-0.4, -0.2) is 30.0 Å². The zero-order valence-electron chi connectivity index (χ0n) is 19.2. The Labute approximate surface area is 197 Å². The lowest BCUT2D eigenvalue weighted by atomic mass is 9.92. The molecule has 1 N–H and O–H groups in total. The van der Waals surface area contributed by atoms with Crippen molar-refractivity contribution in [1.82, 2.24) is 5.32 Å². The topological polar surface area (TPSA) is 85.6 Å². The summed E-state index contributed by atoms with van der Waals surface area (Å²) in [7, 11) is 0. The van der Waals surface area contributed by atoms with Crippen LogP contribution in [0.5, 0.6) is 0 Å². The van der Waals surface area contributed by atoms with Gasteiger partial charge in [0, 0.05) is 10.5 Å². The monoisotopic (exact) mass is 465 g/mol. The maximum Gasteiger partial charge on any atom is 0.339 e. The van der Waals surface area contributed by atoms with Crippen molar-refractivity contribution in [2.45, 2.75) is 39.1 Å². The van der Waals surface area contributed by atoms with Gasteiger partial charge >= 0.3 is 5.97 Å². The van der Waals surface area contributed by atoms with Crippen molar-refractivity contribution in [2.75, 3.05) is 12.4 Å². The van der Waals surface area contributed by atoms with E-state index >= 15 is 0 Å². The summed E-state index contributed by atoms with van der Waals surface area (Å²) in [4.78, 5) is 38.3. The Morgan fingerprint density at radius 3 is 2.45 bits per heavy atom. The molecule has 7 heteroatoms. The molecule has 0 atom stereocenters. The highest BCUT2D eigenvalue weighted by Crippen LogP contribution is 2.25. The average Bonchev–Trinajstić information content (AvgIpc) is 3.32. The number of Topliss-reactive ketones (excluding diaryl/α,β-unsaturated/α-hetero) is 1. The minimum atomic E-state index is -0.596. The van der Waals surface area contributed by atoms with Gasteiger partial charge in [0.05, 0.1) is 24.1 Å². The molecule has 6 nitrogen and oxygen atoms in total. The van der Waals surface area contributed by atoms with Crippen LogP contribution in [-0.2, 0) is 16.1 Å². The number of amides is 1. The number of nitrogens with one attached hydrogen (secondary N) is 1. The van der Waals surface area contributed by atoms with Crippen molar-refractivity contribution in [2.24, 2.45) is 0 Å². The number of aryl methyl sites for hydroxylation is 2. The number of carbonyl (C=O) groups is 3. The molecule has 0 unspecified atom stereocenters. The summed E-state index contributed by atoms with van der Waals surface area (Å²) in [5.74, 6) is -0.220. The van der Waals surface area contributed by atoms with Gasteiger partial charge in [-0.05, 0) is 74.2 Å². The van der Waals surface area contributed by atoms with E-state index in [1.807, 2.05) is 33.8 Å². The highest BCUT2D eigenvalue weighted by Gasteiger charge is 2.19. The van der Waals surface area contributed by atoms with Gasteiger partial charge in [-0.25, -0.2) is 4.79 Å². The zero-order valence-corrected chi connectivity index (χ0v) is 20.0. The van der Waals surface area contributed by atoms with Gasteiger partial charge in [-0.2, -0.15) is 0 Å². The molecular weight excluding hydrogens is 438 g/mol. The van der Waals surface area contributed by atoms with Crippen molar-refractivity contribution in [3.63, 3.8) is 0 Å². The maximum atomic E-state index is 12.8. The summed E-state index contributed by atoms with van der Waals surface area (Å²) in [5, 5.41) is 2.77. The molecule has 1 heterocycles. The molecule has 2 aromatic carbocycles. The Morgan fingerprint density at radius 2 is 1.73 bits per heavy atom. The summed E-state index contributed by atoms with van der Waals surface area (Å²) in [6, 6.07) is 12.4. The van der Waals surface area contributed by atoms with E-state index in [9.17, 15) is 14.4 Å². The third-order valence-corrected chi connectivity index (χ3v) is 6.55. The van der Waals surface area contributed by atoms with Crippen LogP contribution in [0.3, 0.4) is 0 Å². The van der Waals surface area contributed by atoms with Crippen molar-refractivity contribution in [1.29, 1.82) is 0 Å². The fraction of sp³-hybridized carbons (Fsp3) is 0.269. The largest absolute Gasteiger partial charge is 0.467 e. The first-order valence-corrected chi connectivity index (χ1v) is 11.5. The van der Waals surface area contributed by atoms with Gasteiger partial charge in [0.1, 0.15) is 5.76 Å². The number of benzene rings is 2. The zero-order chi connectivity index (χ0) is 24.0. The van der Waals surface area contributed by atoms with Crippen LogP contribution >= 0.6 is 11.8 Å². The lowest BCUT2D eigenvalue weighted by Crippen LogP contribution is -2.24. The van der Waals surface area contributed by atoms with Crippen molar-refractivity contribution in [3.8, 4) is 0 Å². The predicted octanol–water partition coefficient (Wildman–Crippen LogP) is 4.96. The number of thioether (sulfide) groups is 1. The molecule has 0 spiro atoms. The number of esters is 1. The van der Waals surface area contributed by atoms with Crippen LogP contribution in [0.1, 0.15) is 48.7 Å². The number of carbonyl (C=O) groups excluding carboxylic acids is 3. The second-order valence-corrected chi connectivity index (χ2v) is 8.79. The van der Waals surface area contributed by atoms with E-state index in [1.54, 1.807) is 42.7 Å². The SMILES string of the molecule is Cc1cc(C)c(C(=O)COC(=O)c2ccccc2SCC(=O)NCc2ccco2)c(C)c1C. The molecule has 1 amide bonds. The molecule has 0 radical (unpaired) electrons. The fourth-order valence-electron chi connectivity index (χ4n) is 3.55. The summed E-state index contributed by atoms with van der Waals surface area (Å²) in [6.45, 7) is 7.74. The van der Waals surface area contributed by atoms with Crippen LogP contribution in [0.4, 0.5) is 0 Å². The molecule has 0 aliphatic heterocycles. The van der Waals surface area contributed by atoms with Crippen molar-refractivity contribution >= 4 is 29.4 Å². The number of rotatable bonds is 9. The van der Waals surface area contributed by atoms with E-state index in [2.05, 4.69) is 5.32 Å². The third kappa shape index (κ3) is 6.14. The Bertz CT molecular complexity index is 1170. The van der Waals surface area contributed by atoms with E-state index < -0.39 is 5.97 Å². The number of hydrogen-bond donors (Lipinski definition) is 1. The van der Waals surface area contributed by atoms with Crippen LogP contribution in [0.25, 0.3) is 0 Å². The lowest BCUT2D eigenvalue weighted by molar-refractivity contribution is -0.118. The Morgan fingerprint density at radius 1 is 0.970 bits per heavy atom. The van der Waals surface area contributed by atoms with Crippen LogP contribution in [0, 0.1) is 27.7 Å². The minimum absolute atomic E-state index is 0.130. The molecule has 33 heavy (non-hydrogen) atoms. The third-order valence-electron chi connectivity index (χ3n) is 5.48. The molecule has 3 rings (SSSR count). The second-order valence-electron chi connectivity index (χ2n) is 7.78. The Hall–Kier alpha value is -3.32. The van der Waals surface area contributed by atoms with Crippen LogP contribution < -0.4 is 5.32 Å². The van der Waals surface area contributed by atoms with Crippen molar-refractivity contribution < 1.29 is 23.5 Å². The van der Waals surface area contributed by atoms with E-state index in [-0.39, 0.29) is 24.1 Å². The highest BCUT2D eigenvalue weighted by atomic mass is 32.2. The van der Waals surface area contributed by atoms with Gasteiger partial charge in [-0.3, -0.25) is 9.59 Å². The van der Waals surface area contributed by atoms with Gasteiger partial charge in [-0.15, -0.1) is 11.8 Å². The molecule has 3 aromatic rings. The number of hydrogen-bond acceptors (Lipinski definition) is 6. The second kappa shape index (κ2) is 11.0. The van der Waals surface area contributed by atoms with Gasteiger partial charge in [-0.1, -0.05) is 18.2 Å². The van der Waals surface area contributed by atoms with Crippen LogP contribution in [0.2, 0.25) is 0 Å². The number of ether oxygens (including phenoxy) is 1. The molecule has 0 saturated heterocycles. The van der Waals surface area contributed by atoms with E-state index in [1.165, 1.54) is 11.8 Å². The number of ketones is 1. The van der Waals surface area contributed by atoms with Crippen LogP contribution in [0.15, 0.2) is 58.0 Å². The van der Waals surface area contributed by atoms with Gasteiger partial charge in [0.2, 0.25) is 11.7 Å². The summed E-state index contributed by atoms with van der Waals surface area (Å²) < 4.78 is 10.5. The maximum absolute atomic E-state index is 12.8. The summed E-state index contributed by atoms with van der Waals surface area (Å²) >= 11 is 1.23. The molecular formula is C26H27NO5S. The van der Waals surface area contributed by atoms with E-state index in [0.717, 1.165) is 22.3 Å². The number of furan rings is 1. The first-order chi connectivity index (χ1) is 15.8. The molecule has 0 fully saturated rings. The Balaban J connectivity index is 1.60. The quantitative estimate of drug-likeness (QED) is 0.273. The first kappa shape index (κ1) is 24.3. The molecule has 1 aromatic heterocycles. The molecule has 0 aliphatic rings. The minimum Gasteiger partial charge on any atom is -0.467 e. The molecule has 0 bridgehead atoms. The van der Waals surface area contributed by atoms with Crippen molar-refractivity contribution in [3.05, 3.63) is 87.9 Å². The fourth-order valence-corrected chi connectivity index (χ4v) is 4.42. The first-order valence-electron chi connectivity index (χ1n) is 10.6. The molecule has 0 saturated carbocycles. The smallest absolute Gasteiger partial charge is 0.339 e. The van der Waals surface area contributed by atoms with E-state index in [4.69, 9.17) is 9.15 Å². The highest BCUT2D eigenvalue weighted by molar-refractivity contribution is 8.00. The predicted molar refractivity (Wildman–Crippen MR) is 128 cm³/mol.